The molecule has 116 valence electrons. The maximum absolute atomic E-state index is 6.24. The Kier molecular flexibility index (Phi) is 4.89. The second-order valence-corrected chi connectivity index (χ2v) is 5.72. The van der Waals surface area contributed by atoms with E-state index in [2.05, 4.69) is 29.0 Å². The molecule has 0 saturated carbocycles. The van der Waals surface area contributed by atoms with Gasteiger partial charge in [-0.3, -0.25) is 0 Å². The molecule has 0 saturated heterocycles. The lowest BCUT2D eigenvalue weighted by Gasteiger charge is -2.12. The van der Waals surface area contributed by atoms with Gasteiger partial charge in [0.1, 0.15) is 18.6 Å². The molecule has 0 fully saturated rings. The summed E-state index contributed by atoms with van der Waals surface area (Å²) in [6.45, 7) is 2.52. The van der Waals surface area contributed by atoms with Gasteiger partial charge in [-0.05, 0) is 18.9 Å². The van der Waals surface area contributed by atoms with E-state index in [0.29, 0.717) is 23.2 Å². The molecule has 0 aliphatic heterocycles. The fraction of sp³-hybridized carbons (Fsp3) is 0.158. The van der Waals surface area contributed by atoms with Crippen LogP contribution in [0, 0.1) is 0 Å². The highest BCUT2D eigenvalue weighted by atomic mass is 35.5. The van der Waals surface area contributed by atoms with Gasteiger partial charge in [-0.15, -0.1) is 0 Å². The van der Waals surface area contributed by atoms with E-state index in [0.717, 1.165) is 17.6 Å². The van der Waals surface area contributed by atoms with Crippen LogP contribution in [0.3, 0.4) is 0 Å². The minimum Gasteiger partial charge on any atom is -0.483 e. The van der Waals surface area contributed by atoms with Gasteiger partial charge in [0, 0.05) is 5.57 Å². The molecule has 0 N–H and O–H groups in total. The van der Waals surface area contributed by atoms with Crippen molar-refractivity contribution in [2.75, 3.05) is 0 Å². The van der Waals surface area contributed by atoms with Crippen LogP contribution in [0.2, 0.25) is 5.15 Å². The van der Waals surface area contributed by atoms with Crippen molar-refractivity contribution < 1.29 is 4.74 Å². The number of nitrogens with zero attached hydrogens (tertiary/aromatic N) is 2. The largest absolute Gasteiger partial charge is 0.483 e. The van der Waals surface area contributed by atoms with Crippen LogP contribution in [-0.4, -0.2) is 9.97 Å². The standard InChI is InChI=1S/C19H17ClN2O/c1-14-6-5-9-16(11-10-14)17-18(19(20)22-13-21-17)23-12-15-7-3-2-4-8-15/h2-5,7-11,13H,6,12H2,1H3. The van der Waals surface area contributed by atoms with Gasteiger partial charge in [0.15, 0.2) is 10.9 Å². The SMILES string of the molecule is CC1=CC=C(c2ncnc(Cl)c2OCc2ccccc2)C=CC1. The zero-order chi connectivity index (χ0) is 16.1. The summed E-state index contributed by atoms with van der Waals surface area (Å²) in [5.74, 6) is 0.516. The molecule has 0 spiro atoms. The first-order valence-corrected chi connectivity index (χ1v) is 7.83. The van der Waals surface area contributed by atoms with Gasteiger partial charge in [-0.1, -0.05) is 71.8 Å². The summed E-state index contributed by atoms with van der Waals surface area (Å²) >= 11 is 6.24. The van der Waals surface area contributed by atoms with Gasteiger partial charge in [0.2, 0.25) is 0 Å². The van der Waals surface area contributed by atoms with E-state index >= 15 is 0 Å². The Morgan fingerprint density at radius 2 is 1.96 bits per heavy atom. The Hall–Kier alpha value is -2.39. The highest BCUT2D eigenvalue weighted by Crippen LogP contribution is 2.32. The summed E-state index contributed by atoms with van der Waals surface area (Å²) in [5, 5.41) is 0.324. The van der Waals surface area contributed by atoms with Crippen LogP contribution in [0.5, 0.6) is 5.75 Å². The predicted molar refractivity (Wildman–Crippen MR) is 93.3 cm³/mol. The average Bonchev–Trinajstić information content (AvgIpc) is 2.79. The van der Waals surface area contributed by atoms with Gasteiger partial charge < -0.3 is 4.74 Å². The molecule has 0 bridgehead atoms. The van der Waals surface area contributed by atoms with Crippen molar-refractivity contribution in [3.8, 4) is 5.75 Å². The molecule has 23 heavy (non-hydrogen) atoms. The molecule has 1 aliphatic rings. The van der Waals surface area contributed by atoms with Crippen molar-refractivity contribution in [2.24, 2.45) is 0 Å². The number of benzene rings is 1. The fourth-order valence-electron chi connectivity index (χ4n) is 2.30. The molecule has 0 amide bonds. The molecule has 3 nitrogen and oxygen atoms in total. The van der Waals surface area contributed by atoms with Crippen LogP contribution in [-0.2, 0) is 6.61 Å². The van der Waals surface area contributed by atoms with E-state index < -0.39 is 0 Å². The minimum atomic E-state index is 0.324. The number of halogens is 1. The molecule has 2 aromatic rings. The second-order valence-electron chi connectivity index (χ2n) is 5.36. The molecule has 1 heterocycles. The summed E-state index contributed by atoms with van der Waals surface area (Å²) in [6, 6.07) is 9.95. The zero-order valence-corrected chi connectivity index (χ0v) is 13.6. The number of allylic oxidation sites excluding steroid dienone is 6. The lowest BCUT2D eigenvalue weighted by atomic mass is 10.1. The van der Waals surface area contributed by atoms with E-state index in [1.807, 2.05) is 42.5 Å². The molecule has 0 atom stereocenters. The van der Waals surface area contributed by atoms with Crippen LogP contribution in [0.4, 0.5) is 0 Å². The van der Waals surface area contributed by atoms with Crippen LogP contribution < -0.4 is 4.74 Å². The normalized spacial score (nSPS) is 14.0. The molecule has 3 rings (SSSR count). The van der Waals surface area contributed by atoms with Crippen molar-refractivity contribution in [1.29, 1.82) is 0 Å². The maximum atomic E-state index is 6.24. The van der Waals surface area contributed by atoms with Crippen molar-refractivity contribution in [2.45, 2.75) is 20.0 Å². The summed E-state index contributed by atoms with van der Waals surface area (Å²) in [7, 11) is 0. The number of hydrogen-bond acceptors (Lipinski definition) is 3. The summed E-state index contributed by atoms with van der Waals surface area (Å²) in [5.41, 5.74) is 4.04. The number of hydrogen-bond donors (Lipinski definition) is 0. The van der Waals surface area contributed by atoms with E-state index in [1.165, 1.54) is 11.9 Å². The Morgan fingerprint density at radius 3 is 2.78 bits per heavy atom. The van der Waals surface area contributed by atoms with Crippen molar-refractivity contribution in [3.05, 3.63) is 82.9 Å². The van der Waals surface area contributed by atoms with E-state index in [1.54, 1.807) is 0 Å². The first kappa shape index (κ1) is 15.5. The third kappa shape index (κ3) is 3.88. The first-order chi connectivity index (χ1) is 11.2. The number of aromatic nitrogens is 2. The molecule has 1 aromatic carbocycles. The quantitative estimate of drug-likeness (QED) is 0.742. The Balaban J connectivity index is 1.91. The Morgan fingerprint density at radius 1 is 1.13 bits per heavy atom. The van der Waals surface area contributed by atoms with Gasteiger partial charge in [0.05, 0.1) is 0 Å². The second kappa shape index (κ2) is 7.25. The van der Waals surface area contributed by atoms with Crippen molar-refractivity contribution >= 4 is 17.2 Å². The first-order valence-electron chi connectivity index (χ1n) is 7.45. The number of ether oxygens (including phenoxy) is 1. The van der Waals surface area contributed by atoms with Crippen LogP contribution in [0.25, 0.3) is 5.57 Å². The van der Waals surface area contributed by atoms with Gasteiger partial charge in [0.25, 0.3) is 0 Å². The molecular weight excluding hydrogens is 308 g/mol. The van der Waals surface area contributed by atoms with Crippen molar-refractivity contribution in [1.82, 2.24) is 9.97 Å². The summed E-state index contributed by atoms with van der Waals surface area (Å²) in [4.78, 5) is 8.42. The Bertz CT molecular complexity index is 779. The van der Waals surface area contributed by atoms with Crippen LogP contribution >= 0.6 is 11.6 Å². The minimum absolute atomic E-state index is 0.324. The summed E-state index contributed by atoms with van der Waals surface area (Å²) in [6.07, 6.45) is 10.7. The molecular formula is C19H17ClN2O. The predicted octanol–water partition coefficient (Wildman–Crippen LogP) is 5.00. The number of rotatable bonds is 4. The maximum Gasteiger partial charge on any atom is 0.183 e. The topological polar surface area (TPSA) is 35.0 Å². The smallest absolute Gasteiger partial charge is 0.183 e. The van der Waals surface area contributed by atoms with E-state index in [-0.39, 0.29) is 0 Å². The van der Waals surface area contributed by atoms with Crippen LogP contribution in [0.15, 0.2) is 66.5 Å². The molecule has 0 unspecified atom stereocenters. The molecule has 1 aromatic heterocycles. The lowest BCUT2D eigenvalue weighted by molar-refractivity contribution is 0.303. The zero-order valence-electron chi connectivity index (χ0n) is 12.9. The molecule has 0 radical (unpaired) electrons. The monoisotopic (exact) mass is 324 g/mol. The van der Waals surface area contributed by atoms with Gasteiger partial charge in [-0.25, -0.2) is 9.97 Å². The average molecular weight is 325 g/mol. The lowest BCUT2D eigenvalue weighted by Crippen LogP contribution is -2.02. The summed E-state index contributed by atoms with van der Waals surface area (Å²) < 4.78 is 5.92. The fourth-order valence-corrected chi connectivity index (χ4v) is 2.49. The third-order valence-corrected chi connectivity index (χ3v) is 3.81. The highest BCUT2D eigenvalue weighted by molar-refractivity contribution is 6.31. The van der Waals surface area contributed by atoms with Gasteiger partial charge in [-0.2, -0.15) is 0 Å². The van der Waals surface area contributed by atoms with Crippen molar-refractivity contribution in [3.63, 3.8) is 0 Å². The molecule has 1 aliphatic carbocycles. The third-order valence-electron chi connectivity index (χ3n) is 3.54. The molecule has 4 heteroatoms. The van der Waals surface area contributed by atoms with Gasteiger partial charge >= 0.3 is 0 Å². The van der Waals surface area contributed by atoms with Crippen LogP contribution in [0.1, 0.15) is 24.6 Å². The Labute approximate surface area is 141 Å². The highest BCUT2D eigenvalue weighted by Gasteiger charge is 2.14. The van der Waals surface area contributed by atoms with E-state index in [4.69, 9.17) is 16.3 Å². The van der Waals surface area contributed by atoms with E-state index in [9.17, 15) is 0 Å².